The molecule has 0 fully saturated rings. The van der Waals surface area contributed by atoms with Gasteiger partial charge in [0, 0.05) is 7.05 Å². The highest BCUT2D eigenvalue weighted by Gasteiger charge is 2.04. The van der Waals surface area contributed by atoms with Crippen LogP contribution < -0.4 is 0 Å². The number of aliphatic carboxylic acids is 1. The molecule has 0 bridgehead atoms. The van der Waals surface area contributed by atoms with E-state index in [1.165, 1.54) is 12.1 Å². The monoisotopic (exact) mass is 241 g/mol. The highest BCUT2D eigenvalue weighted by molar-refractivity contribution is 6.33. The van der Waals surface area contributed by atoms with E-state index in [0.29, 0.717) is 10.7 Å². The normalized spacial score (nSPS) is 10.7. The van der Waals surface area contributed by atoms with Crippen molar-refractivity contribution in [1.29, 1.82) is 0 Å². The molecule has 0 unspecified atom stereocenters. The molecule has 0 amide bonds. The summed E-state index contributed by atoms with van der Waals surface area (Å²) >= 11 is 5.93. The Morgan fingerprint density at radius 2 is 2.25 bits per heavy atom. The number of carbonyl (C=O) groups is 1. The van der Waals surface area contributed by atoms with Gasteiger partial charge >= 0.3 is 5.97 Å². The van der Waals surface area contributed by atoms with E-state index in [4.69, 9.17) is 16.7 Å². The van der Waals surface area contributed by atoms with Crippen molar-refractivity contribution in [3.8, 4) is 0 Å². The van der Waals surface area contributed by atoms with Gasteiger partial charge in [0.05, 0.1) is 5.02 Å². The molecule has 1 N–H and O–H groups in total. The van der Waals surface area contributed by atoms with Gasteiger partial charge in [0.2, 0.25) is 0 Å². The molecule has 0 spiro atoms. The quantitative estimate of drug-likeness (QED) is 0.651. The van der Waals surface area contributed by atoms with E-state index in [9.17, 15) is 4.79 Å². The van der Waals surface area contributed by atoms with Crippen LogP contribution in [0.15, 0.2) is 28.5 Å². The summed E-state index contributed by atoms with van der Waals surface area (Å²) in [5.41, 5.74) is 1.45. The first-order valence-corrected chi connectivity index (χ1v) is 4.98. The van der Waals surface area contributed by atoms with Gasteiger partial charge in [-0.15, -0.1) is 5.11 Å². The van der Waals surface area contributed by atoms with Crippen LogP contribution in [-0.2, 0) is 4.79 Å². The first-order chi connectivity index (χ1) is 7.50. The molecule has 0 heterocycles. The van der Waals surface area contributed by atoms with Gasteiger partial charge in [-0.2, -0.15) is 0 Å². The molecule has 0 aliphatic carbocycles. The standard InChI is InChI=1S/C10H12ClN3O2/c1-7-4-3-5-8(11)10(7)12-13-14(2)6-9(15)16/h3-5H,6H2,1-2H3,(H,15,16)/b13-12+. The number of likely N-dealkylation sites (N-methyl/N-ethyl adjacent to an activating group) is 1. The Kier molecular flexibility index (Phi) is 4.25. The smallest absolute Gasteiger partial charge is 0.324 e. The lowest BCUT2D eigenvalue weighted by Gasteiger charge is -2.07. The fourth-order valence-corrected chi connectivity index (χ4v) is 1.36. The van der Waals surface area contributed by atoms with E-state index in [2.05, 4.69) is 10.3 Å². The van der Waals surface area contributed by atoms with E-state index < -0.39 is 5.97 Å². The molecule has 1 aromatic rings. The van der Waals surface area contributed by atoms with Gasteiger partial charge < -0.3 is 5.11 Å². The van der Waals surface area contributed by atoms with E-state index in [1.807, 2.05) is 19.1 Å². The predicted octanol–water partition coefficient (Wildman–Crippen LogP) is 2.66. The SMILES string of the molecule is Cc1cccc(Cl)c1/N=N/N(C)CC(=O)O. The fraction of sp³-hybridized carbons (Fsp3) is 0.300. The van der Waals surface area contributed by atoms with Crippen LogP contribution in [0.25, 0.3) is 0 Å². The van der Waals surface area contributed by atoms with Gasteiger partial charge in [0.1, 0.15) is 12.2 Å². The average molecular weight is 242 g/mol. The largest absolute Gasteiger partial charge is 0.480 e. The topological polar surface area (TPSA) is 65.3 Å². The van der Waals surface area contributed by atoms with Crippen molar-refractivity contribution in [3.63, 3.8) is 0 Å². The third-order valence-corrected chi connectivity index (χ3v) is 2.16. The van der Waals surface area contributed by atoms with E-state index in [1.54, 1.807) is 6.07 Å². The number of carboxylic acids is 1. The summed E-state index contributed by atoms with van der Waals surface area (Å²) in [5.74, 6) is -0.961. The van der Waals surface area contributed by atoms with Crippen LogP contribution in [0.3, 0.4) is 0 Å². The number of hydrogen-bond donors (Lipinski definition) is 1. The van der Waals surface area contributed by atoms with Gasteiger partial charge in [-0.05, 0) is 18.6 Å². The molecule has 0 atom stereocenters. The van der Waals surface area contributed by atoms with Crippen molar-refractivity contribution in [1.82, 2.24) is 5.01 Å². The van der Waals surface area contributed by atoms with Crippen LogP contribution in [0.1, 0.15) is 5.56 Å². The molecule has 0 radical (unpaired) electrons. The molecule has 6 heteroatoms. The molecular formula is C10H12ClN3O2. The summed E-state index contributed by atoms with van der Waals surface area (Å²) in [6, 6.07) is 5.38. The van der Waals surface area contributed by atoms with Crippen molar-refractivity contribution >= 4 is 23.3 Å². The summed E-state index contributed by atoms with van der Waals surface area (Å²) in [6.45, 7) is 1.66. The van der Waals surface area contributed by atoms with Crippen LogP contribution in [0.4, 0.5) is 5.69 Å². The Hall–Kier alpha value is -1.62. The molecule has 1 aromatic carbocycles. The van der Waals surface area contributed by atoms with Crippen molar-refractivity contribution in [2.75, 3.05) is 13.6 Å². The molecule has 0 saturated carbocycles. The maximum Gasteiger partial charge on any atom is 0.324 e. The van der Waals surface area contributed by atoms with E-state index in [-0.39, 0.29) is 6.54 Å². The lowest BCUT2D eigenvalue weighted by Crippen LogP contribution is -2.19. The van der Waals surface area contributed by atoms with Crippen LogP contribution in [0, 0.1) is 6.92 Å². The molecule has 0 aliphatic heterocycles. The Balaban J connectivity index is 2.80. The van der Waals surface area contributed by atoms with Crippen molar-refractivity contribution in [2.24, 2.45) is 10.3 Å². The van der Waals surface area contributed by atoms with Crippen molar-refractivity contribution in [3.05, 3.63) is 28.8 Å². The third-order valence-electron chi connectivity index (χ3n) is 1.85. The summed E-state index contributed by atoms with van der Waals surface area (Å²) in [6.07, 6.45) is 0. The van der Waals surface area contributed by atoms with Gasteiger partial charge in [0.15, 0.2) is 0 Å². The van der Waals surface area contributed by atoms with Crippen LogP contribution >= 0.6 is 11.6 Å². The number of hydrogen-bond acceptors (Lipinski definition) is 3. The Bertz CT molecular complexity index is 400. The van der Waals surface area contributed by atoms with Crippen molar-refractivity contribution in [2.45, 2.75) is 6.92 Å². The van der Waals surface area contributed by atoms with Gasteiger partial charge in [0.25, 0.3) is 0 Å². The Morgan fingerprint density at radius 3 is 2.81 bits per heavy atom. The third kappa shape index (κ3) is 3.51. The van der Waals surface area contributed by atoms with Gasteiger partial charge in [-0.3, -0.25) is 9.80 Å². The lowest BCUT2D eigenvalue weighted by molar-refractivity contribution is -0.138. The zero-order valence-electron chi connectivity index (χ0n) is 9.01. The van der Waals surface area contributed by atoms with E-state index in [0.717, 1.165) is 5.56 Å². The second kappa shape index (κ2) is 5.46. The first kappa shape index (κ1) is 12.4. The minimum absolute atomic E-state index is 0.201. The lowest BCUT2D eigenvalue weighted by atomic mass is 10.2. The number of benzene rings is 1. The average Bonchev–Trinajstić information content (AvgIpc) is 2.15. The fourth-order valence-electron chi connectivity index (χ4n) is 1.10. The van der Waals surface area contributed by atoms with Gasteiger partial charge in [-0.25, -0.2) is 0 Å². The Labute approximate surface area is 98.3 Å². The number of nitrogens with zero attached hydrogens (tertiary/aromatic N) is 3. The maximum absolute atomic E-state index is 10.4. The molecule has 5 nitrogen and oxygen atoms in total. The zero-order valence-corrected chi connectivity index (χ0v) is 9.77. The molecular weight excluding hydrogens is 230 g/mol. The summed E-state index contributed by atoms with van der Waals surface area (Å²) in [5, 5.41) is 17.9. The van der Waals surface area contributed by atoms with E-state index >= 15 is 0 Å². The minimum atomic E-state index is -0.961. The first-order valence-electron chi connectivity index (χ1n) is 4.60. The summed E-state index contributed by atoms with van der Waals surface area (Å²) in [7, 11) is 1.53. The van der Waals surface area contributed by atoms with Crippen LogP contribution in [0.5, 0.6) is 0 Å². The summed E-state index contributed by atoms with van der Waals surface area (Å²) < 4.78 is 0. The number of aryl methyl sites for hydroxylation is 1. The molecule has 1 rings (SSSR count). The van der Waals surface area contributed by atoms with Crippen LogP contribution in [-0.4, -0.2) is 29.7 Å². The maximum atomic E-state index is 10.4. The number of rotatable bonds is 4. The van der Waals surface area contributed by atoms with Gasteiger partial charge in [-0.1, -0.05) is 29.0 Å². The minimum Gasteiger partial charge on any atom is -0.480 e. The molecule has 0 aliphatic rings. The second-order valence-corrected chi connectivity index (χ2v) is 3.71. The molecule has 0 saturated heterocycles. The van der Waals surface area contributed by atoms with Crippen LogP contribution in [0.2, 0.25) is 5.02 Å². The predicted molar refractivity (Wildman–Crippen MR) is 61.0 cm³/mol. The molecule has 16 heavy (non-hydrogen) atoms. The molecule has 0 aromatic heterocycles. The highest BCUT2D eigenvalue weighted by atomic mass is 35.5. The highest BCUT2D eigenvalue weighted by Crippen LogP contribution is 2.28. The van der Waals surface area contributed by atoms with Crippen molar-refractivity contribution < 1.29 is 9.90 Å². The zero-order chi connectivity index (χ0) is 12.1. The summed E-state index contributed by atoms with van der Waals surface area (Å²) in [4.78, 5) is 10.4. The number of halogens is 1. The second-order valence-electron chi connectivity index (χ2n) is 3.30. The number of carboxylic acid groups (broad SMARTS) is 1. The Morgan fingerprint density at radius 1 is 1.56 bits per heavy atom. The molecule has 86 valence electrons.